The van der Waals surface area contributed by atoms with Crippen molar-refractivity contribution in [2.45, 2.75) is 46.6 Å². The molecular weight excluding hydrogens is 585 g/mol. The van der Waals surface area contributed by atoms with Gasteiger partial charge in [0.2, 0.25) is 0 Å². The average molecular weight is 616 g/mol. The van der Waals surface area contributed by atoms with Crippen molar-refractivity contribution in [3.63, 3.8) is 0 Å². The molecule has 2 aliphatic rings. The Bertz CT molecular complexity index is 1680. The fourth-order valence-electron chi connectivity index (χ4n) is 4.48. The van der Waals surface area contributed by atoms with Crippen LogP contribution in [-0.2, 0) is 24.5 Å². The number of hydrogen-bond acceptors (Lipinski definition) is 10. The van der Waals surface area contributed by atoms with E-state index in [0.717, 1.165) is 0 Å². The number of carbonyl (C=O) groups is 3. The van der Waals surface area contributed by atoms with Crippen molar-refractivity contribution < 1.29 is 47.8 Å². The van der Waals surface area contributed by atoms with Gasteiger partial charge in [-0.1, -0.05) is 38.1 Å². The van der Waals surface area contributed by atoms with Crippen LogP contribution in [0.1, 0.15) is 77.2 Å². The molecule has 42 heavy (non-hydrogen) atoms. The molecule has 0 bridgehead atoms. The van der Waals surface area contributed by atoms with Crippen LogP contribution in [0.2, 0.25) is 0 Å². The van der Waals surface area contributed by atoms with Crippen LogP contribution in [0.15, 0.2) is 48.5 Å². The minimum absolute atomic E-state index is 0.0237. The maximum Gasteiger partial charge on any atom is 0.390 e. The van der Waals surface area contributed by atoms with Gasteiger partial charge in [0.15, 0.2) is 17.8 Å². The highest BCUT2D eigenvalue weighted by Gasteiger charge is 2.55. The molecule has 0 aliphatic carbocycles. The van der Waals surface area contributed by atoms with Crippen molar-refractivity contribution in [3.8, 4) is 23.0 Å². The summed E-state index contributed by atoms with van der Waals surface area (Å²) >= 11 is 0. The lowest BCUT2D eigenvalue weighted by molar-refractivity contribution is -0.187. The van der Waals surface area contributed by atoms with E-state index < -0.39 is 46.0 Å². The molecule has 2 heterocycles. The van der Waals surface area contributed by atoms with Gasteiger partial charge < -0.3 is 23.7 Å². The lowest BCUT2D eigenvalue weighted by Crippen LogP contribution is -2.28. The van der Waals surface area contributed by atoms with E-state index in [-0.39, 0.29) is 40.3 Å². The monoisotopic (exact) mass is 615 g/mol. The van der Waals surface area contributed by atoms with Gasteiger partial charge in [0.1, 0.15) is 28.2 Å². The largest absolute Gasteiger partial charge is 0.507 e. The van der Waals surface area contributed by atoms with Crippen molar-refractivity contribution >= 4 is 45.3 Å². The van der Waals surface area contributed by atoms with Crippen LogP contribution in [0, 0.1) is 0 Å². The summed E-state index contributed by atoms with van der Waals surface area (Å²) in [4.78, 5) is 48.4. The van der Waals surface area contributed by atoms with Crippen LogP contribution in [0.3, 0.4) is 0 Å². The second-order valence-corrected chi connectivity index (χ2v) is 15.8. The molecule has 5 rings (SSSR count). The molecule has 0 aromatic heterocycles. The second kappa shape index (κ2) is 11.4. The van der Waals surface area contributed by atoms with E-state index in [1.807, 2.05) is 34.6 Å². The maximum atomic E-state index is 13.1. The predicted octanol–water partition coefficient (Wildman–Crippen LogP) is 4.36. The van der Waals surface area contributed by atoms with E-state index in [9.17, 15) is 24.6 Å². The Hall–Kier alpha value is -3.83. The third-order valence-corrected chi connectivity index (χ3v) is 13.7. The number of ether oxygens (including phenoxy) is 1. The highest BCUT2D eigenvalue weighted by molar-refractivity contribution is 8.37. The first-order valence-electron chi connectivity index (χ1n) is 13.2. The maximum absolute atomic E-state index is 13.1. The Morgan fingerprint density at radius 2 is 1.67 bits per heavy atom. The first-order chi connectivity index (χ1) is 20.0. The highest BCUT2D eigenvalue weighted by Crippen LogP contribution is 2.65. The Morgan fingerprint density at radius 3 is 2.33 bits per heavy atom. The summed E-state index contributed by atoms with van der Waals surface area (Å²) in [7, 11) is -1.05. The van der Waals surface area contributed by atoms with Gasteiger partial charge in [-0.05, 0) is 56.5 Å². The van der Waals surface area contributed by atoms with Crippen LogP contribution in [-0.4, -0.2) is 40.8 Å². The Kier molecular flexibility index (Phi) is 8.08. The number of fused-ring (bicyclic) bond motifs is 2. The molecule has 2 unspecified atom stereocenters. The molecule has 3 aromatic carbocycles. The molecule has 13 heteroatoms. The number of nitrogens with one attached hydrogen (secondary N) is 1. The van der Waals surface area contributed by atoms with Crippen LogP contribution < -0.4 is 24.6 Å². The standard InChI is InChI=1S/C29H30NO10PS/c1-6-36-42(30-16(4)5)41-22-14-20(29(35)39-38-28(34)19-12-9-11-17(15(2)3)23(19)31)24(32)25(26(22)41)37-27(33)18-10-7-8-13-21(18)40-41/h7-16,30-32H,6H2,1-5H3. The van der Waals surface area contributed by atoms with Crippen LogP contribution in [0.4, 0.5) is 0 Å². The molecule has 0 saturated heterocycles. The number of aromatic hydroxyl groups is 2. The zero-order valence-corrected chi connectivity index (χ0v) is 25.2. The molecule has 0 radical (unpaired) electrons. The summed E-state index contributed by atoms with van der Waals surface area (Å²) in [6.07, 6.45) is -2.93. The number of benzene rings is 3. The van der Waals surface area contributed by atoms with Gasteiger partial charge in [0.25, 0.3) is 0 Å². The van der Waals surface area contributed by atoms with E-state index in [1.54, 1.807) is 30.3 Å². The fourth-order valence-corrected chi connectivity index (χ4v) is 12.5. The number of rotatable bonds is 7. The van der Waals surface area contributed by atoms with Gasteiger partial charge in [-0.2, -0.15) is 0 Å². The third kappa shape index (κ3) is 5.05. The van der Waals surface area contributed by atoms with Crippen molar-refractivity contribution in [2.75, 3.05) is 6.61 Å². The Morgan fingerprint density at radius 1 is 0.976 bits per heavy atom. The number of phenolic OH excluding ortho intramolecular Hbond substituents is 2. The Labute approximate surface area is 244 Å². The number of esters is 1. The minimum Gasteiger partial charge on any atom is -0.507 e. The van der Waals surface area contributed by atoms with Gasteiger partial charge in [-0.3, -0.25) is 0 Å². The summed E-state index contributed by atoms with van der Waals surface area (Å²) in [6, 6.07) is 12.5. The molecule has 2 atom stereocenters. The topological polar surface area (TPSA) is 150 Å². The summed E-state index contributed by atoms with van der Waals surface area (Å²) in [5.41, 5.74) is 0.0409. The van der Waals surface area contributed by atoms with E-state index in [4.69, 9.17) is 23.2 Å². The van der Waals surface area contributed by atoms with Gasteiger partial charge in [0, 0.05) is 11.3 Å². The summed E-state index contributed by atoms with van der Waals surface area (Å²) in [5.74, 6) is -4.15. The first kappa shape index (κ1) is 29.7. The van der Waals surface area contributed by atoms with Crippen molar-refractivity contribution in [2.24, 2.45) is 0 Å². The lowest BCUT2D eigenvalue weighted by Gasteiger charge is -2.23. The SMILES string of the molecule is CCOS(NC(C)C)=P12Oc3ccccc3C(=O)Oc3c(O)c(C(=O)OOC(=O)c4cccc(C(C)C)c4O)cc1c32. The lowest BCUT2D eigenvalue weighted by atomic mass is 9.99. The van der Waals surface area contributed by atoms with Crippen LogP contribution in [0.25, 0.3) is 0 Å². The van der Waals surface area contributed by atoms with Gasteiger partial charge in [-0.15, -0.1) is 0 Å². The molecule has 0 saturated carbocycles. The molecular formula is C29H30NO10PS. The molecule has 11 nitrogen and oxygen atoms in total. The molecule has 3 aromatic rings. The van der Waals surface area contributed by atoms with E-state index in [2.05, 4.69) is 4.72 Å². The van der Waals surface area contributed by atoms with Gasteiger partial charge in [-0.25, -0.2) is 28.9 Å². The second-order valence-electron chi connectivity index (χ2n) is 10.1. The number of phenols is 2. The quantitative estimate of drug-likeness (QED) is 0.114. The zero-order valence-electron chi connectivity index (χ0n) is 23.5. The molecule has 3 N–H and O–H groups in total. The number of hydrogen-bond donors (Lipinski definition) is 3. The predicted molar refractivity (Wildman–Crippen MR) is 157 cm³/mol. The first-order valence-corrected chi connectivity index (χ1v) is 16.7. The van der Waals surface area contributed by atoms with Crippen LogP contribution >= 0.6 is 6.26 Å². The normalized spacial score (nSPS) is 17.3. The fraction of sp³-hybridized carbons (Fsp3) is 0.276. The summed E-state index contributed by atoms with van der Waals surface area (Å²) in [6.45, 7) is 9.73. The van der Waals surface area contributed by atoms with Crippen molar-refractivity contribution in [1.29, 1.82) is 0 Å². The van der Waals surface area contributed by atoms with E-state index in [0.29, 0.717) is 22.8 Å². The van der Waals surface area contributed by atoms with Crippen LogP contribution in [0.5, 0.6) is 23.0 Å². The molecule has 222 valence electrons. The van der Waals surface area contributed by atoms with E-state index >= 15 is 0 Å². The van der Waals surface area contributed by atoms with Gasteiger partial charge >= 0.3 is 17.9 Å². The summed E-state index contributed by atoms with van der Waals surface area (Å²) < 4.78 is 21.7. The molecule has 2 aliphatic heterocycles. The molecule has 0 spiro atoms. The highest BCUT2D eigenvalue weighted by atomic mass is 32.5. The summed E-state index contributed by atoms with van der Waals surface area (Å²) in [5, 5.41) is 22.6. The molecule has 0 fully saturated rings. The number of carbonyl (C=O) groups excluding carboxylic acids is 3. The minimum atomic E-state index is -2.93. The van der Waals surface area contributed by atoms with Gasteiger partial charge in [0.05, 0.1) is 22.5 Å². The third-order valence-electron chi connectivity index (χ3n) is 6.42. The van der Waals surface area contributed by atoms with Crippen molar-refractivity contribution in [3.05, 3.63) is 70.8 Å². The zero-order chi connectivity index (χ0) is 30.3. The van der Waals surface area contributed by atoms with E-state index in [1.165, 1.54) is 18.2 Å². The Balaban J connectivity index is 1.55. The smallest absolute Gasteiger partial charge is 0.390 e. The van der Waals surface area contributed by atoms with Crippen molar-refractivity contribution in [1.82, 2.24) is 4.72 Å². The number of para-hydroxylation sites is 2. The molecule has 0 amide bonds. The average Bonchev–Trinajstić information content (AvgIpc) is 3.58.